The molecular formula is C18H20N4O2S. The predicted molar refractivity (Wildman–Crippen MR) is 94.1 cm³/mol. The second kappa shape index (κ2) is 6.55. The van der Waals surface area contributed by atoms with Crippen LogP contribution in [0.25, 0.3) is 0 Å². The summed E-state index contributed by atoms with van der Waals surface area (Å²) < 4.78 is 0. The summed E-state index contributed by atoms with van der Waals surface area (Å²) in [5.41, 5.74) is 3.36. The first-order chi connectivity index (χ1) is 12.1. The molecule has 25 heavy (non-hydrogen) atoms. The lowest BCUT2D eigenvalue weighted by molar-refractivity contribution is -0.140. The Balaban J connectivity index is 1.56. The van der Waals surface area contributed by atoms with Gasteiger partial charge in [0.05, 0.1) is 29.4 Å². The molecule has 2 bridgehead atoms. The second-order valence-electron chi connectivity index (χ2n) is 6.69. The number of carbonyl (C=O) groups is 2. The first-order valence-electron chi connectivity index (χ1n) is 8.53. The summed E-state index contributed by atoms with van der Waals surface area (Å²) in [4.78, 5) is 38.7. The number of hydrogen-bond donors (Lipinski definition) is 0. The highest BCUT2D eigenvalue weighted by atomic mass is 32.1. The third-order valence-electron chi connectivity index (χ3n) is 5.08. The molecule has 0 saturated carbocycles. The van der Waals surface area contributed by atoms with Crippen LogP contribution in [-0.4, -0.2) is 50.7 Å². The fourth-order valence-electron chi connectivity index (χ4n) is 3.73. The molecule has 7 heteroatoms. The average molecular weight is 356 g/mol. The number of aromatic nitrogens is 2. The van der Waals surface area contributed by atoms with Crippen LogP contribution in [0.5, 0.6) is 0 Å². The Kier molecular flexibility index (Phi) is 4.25. The normalized spacial score (nSPS) is 23.0. The van der Waals surface area contributed by atoms with E-state index in [1.807, 2.05) is 34.9 Å². The number of nitrogens with zero attached hydrogens (tertiary/aromatic N) is 4. The van der Waals surface area contributed by atoms with Gasteiger partial charge >= 0.3 is 0 Å². The van der Waals surface area contributed by atoms with Gasteiger partial charge in [-0.05, 0) is 31.9 Å². The van der Waals surface area contributed by atoms with Gasteiger partial charge in [0.1, 0.15) is 4.88 Å². The van der Waals surface area contributed by atoms with Crippen molar-refractivity contribution in [1.82, 2.24) is 19.8 Å². The number of pyridine rings is 1. The topological polar surface area (TPSA) is 66.4 Å². The Morgan fingerprint density at radius 2 is 2.16 bits per heavy atom. The molecule has 0 N–H and O–H groups in total. The summed E-state index contributed by atoms with van der Waals surface area (Å²) in [6.45, 7) is 3.46. The zero-order valence-corrected chi connectivity index (χ0v) is 14.9. The van der Waals surface area contributed by atoms with Gasteiger partial charge in [-0.25, -0.2) is 4.98 Å². The molecule has 3 aliphatic rings. The van der Waals surface area contributed by atoms with Gasteiger partial charge in [-0.1, -0.05) is 6.07 Å². The standard InChI is InChI=1S/C18H20N4O2S/c1-12-16(25-11-20-12)18(24)21-8-13-5-6-15(10-21)22(17(13)23)9-14-4-2-3-7-19-14/h2-4,7,11,13,15H,5-6,8-10H2,1H3/t13-,15+/m1/s1. The van der Waals surface area contributed by atoms with Crippen molar-refractivity contribution in [2.24, 2.45) is 5.92 Å². The molecule has 5 rings (SSSR count). The van der Waals surface area contributed by atoms with E-state index in [0.29, 0.717) is 24.5 Å². The number of carbonyl (C=O) groups excluding carboxylic acids is 2. The van der Waals surface area contributed by atoms with E-state index in [0.717, 1.165) is 24.2 Å². The highest BCUT2D eigenvalue weighted by Crippen LogP contribution is 2.31. The zero-order chi connectivity index (χ0) is 17.4. The third-order valence-corrected chi connectivity index (χ3v) is 6.00. The van der Waals surface area contributed by atoms with Crippen molar-refractivity contribution in [3.63, 3.8) is 0 Å². The molecule has 3 aliphatic heterocycles. The van der Waals surface area contributed by atoms with Crippen LogP contribution in [0.4, 0.5) is 0 Å². The number of amides is 2. The smallest absolute Gasteiger partial charge is 0.265 e. The minimum atomic E-state index is -0.111. The zero-order valence-electron chi connectivity index (χ0n) is 14.1. The molecule has 3 saturated heterocycles. The molecule has 2 amide bonds. The van der Waals surface area contributed by atoms with Crippen LogP contribution in [-0.2, 0) is 11.3 Å². The summed E-state index contributed by atoms with van der Waals surface area (Å²) >= 11 is 1.37. The highest BCUT2D eigenvalue weighted by molar-refractivity contribution is 7.11. The Morgan fingerprint density at radius 1 is 1.28 bits per heavy atom. The fourth-order valence-corrected chi connectivity index (χ4v) is 4.50. The Bertz CT molecular complexity index is 791. The van der Waals surface area contributed by atoms with Crippen LogP contribution in [0.3, 0.4) is 0 Å². The van der Waals surface area contributed by atoms with Crippen molar-refractivity contribution in [1.29, 1.82) is 0 Å². The van der Waals surface area contributed by atoms with E-state index < -0.39 is 0 Å². The van der Waals surface area contributed by atoms with Crippen molar-refractivity contribution >= 4 is 23.2 Å². The van der Waals surface area contributed by atoms with E-state index in [2.05, 4.69) is 9.97 Å². The van der Waals surface area contributed by atoms with Gasteiger partial charge in [-0.2, -0.15) is 0 Å². The number of hydrogen-bond acceptors (Lipinski definition) is 5. The first kappa shape index (κ1) is 16.2. The van der Waals surface area contributed by atoms with E-state index in [9.17, 15) is 9.59 Å². The summed E-state index contributed by atoms with van der Waals surface area (Å²) in [6, 6.07) is 5.81. The molecule has 2 aromatic rings. The molecule has 5 heterocycles. The summed E-state index contributed by atoms with van der Waals surface area (Å²) in [5, 5.41) is 0. The number of piperidine rings is 1. The number of aryl methyl sites for hydroxylation is 1. The van der Waals surface area contributed by atoms with E-state index >= 15 is 0 Å². The van der Waals surface area contributed by atoms with E-state index in [4.69, 9.17) is 0 Å². The minimum Gasteiger partial charge on any atom is -0.335 e. The molecule has 0 aliphatic carbocycles. The molecule has 6 nitrogen and oxygen atoms in total. The van der Waals surface area contributed by atoms with Crippen LogP contribution < -0.4 is 0 Å². The van der Waals surface area contributed by atoms with Gasteiger partial charge < -0.3 is 9.80 Å². The highest BCUT2D eigenvalue weighted by Gasteiger charge is 2.42. The molecule has 0 unspecified atom stereocenters. The van der Waals surface area contributed by atoms with Crippen LogP contribution in [0.15, 0.2) is 29.9 Å². The molecule has 2 atom stereocenters. The Hall–Kier alpha value is -2.28. The van der Waals surface area contributed by atoms with Gasteiger partial charge in [0.25, 0.3) is 5.91 Å². The molecular weight excluding hydrogens is 336 g/mol. The quantitative estimate of drug-likeness (QED) is 0.845. The second-order valence-corrected chi connectivity index (χ2v) is 7.55. The molecule has 0 spiro atoms. The van der Waals surface area contributed by atoms with Gasteiger partial charge in [-0.15, -0.1) is 11.3 Å². The minimum absolute atomic E-state index is 0.00406. The number of fused-ring (bicyclic) bond motifs is 4. The third kappa shape index (κ3) is 3.04. The Morgan fingerprint density at radius 3 is 2.88 bits per heavy atom. The van der Waals surface area contributed by atoms with E-state index in [1.54, 1.807) is 11.7 Å². The van der Waals surface area contributed by atoms with Crippen molar-refractivity contribution in [3.05, 3.63) is 46.2 Å². The average Bonchev–Trinajstić information content (AvgIpc) is 2.87. The monoisotopic (exact) mass is 356 g/mol. The van der Waals surface area contributed by atoms with Gasteiger partial charge in [0.15, 0.2) is 0 Å². The molecule has 0 aromatic carbocycles. The fraction of sp³-hybridized carbons (Fsp3) is 0.444. The SMILES string of the molecule is Cc1ncsc1C(=O)N1C[C@H]2CC[C@@H](C1)N(Cc1ccccn1)C2=O. The van der Waals surface area contributed by atoms with Crippen LogP contribution >= 0.6 is 11.3 Å². The first-order valence-corrected chi connectivity index (χ1v) is 9.41. The molecule has 3 fully saturated rings. The van der Waals surface area contributed by atoms with Crippen LogP contribution in [0.1, 0.15) is 33.9 Å². The van der Waals surface area contributed by atoms with Gasteiger partial charge in [0.2, 0.25) is 5.91 Å². The maximum Gasteiger partial charge on any atom is 0.265 e. The lowest BCUT2D eigenvalue weighted by atomic mass is 9.94. The molecule has 0 radical (unpaired) electrons. The van der Waals surface area contributed by atoms with Crippen molar-refractivity contribution in [2.75, 3.05) is 13.1 Å². The lowest BCUT2D eigenvalue weighted by Gasteiger charge is -2.35. The summed E-state index contributed by atoms with van der Waals surface area (Å²) in [5.74, 6) is 0.0438. The number of rotatable bonds is 3. The van der Waals surface area contributed by atoms with Crippen LogP contribution in [0.2, 0.25) is 0 Å². The van der Waals surface area contributed by atoms with Crippen molar-refractivity contribution < 1.29 is 9.59 Å². The lowest BCUT2D eigenvalue weighted by Crippen LogP contribution is -2.47. The Labute approximate surface area is 150 Å². The van der Waals surface area contributed by atoms with Crippen LogP contribution in [0, 0.1) is 12.8 Å². The van der Waals surface area contributed by atoms with E-state index in [1.165, 1.54) is 11.3 Å². The van der Waals surface area contributed by atoms with Crippen molar-refractivity contribution in [3.8, 4) is 0 Å². The van der Waals surface area contributed by atoms with Crippen molar-refractivity contribution in [2.45, 2.75) is 32.4 Å². The maximum atomic E-state index is 12.9. The van der Waals surface area contributed by atoms with E-state index in [-0.39, 0.29) is 23.8 Å². The van der Waals surface area contributed by atoms with Gasteiger partial charge in [0, 0.05) is 25.3 Å². The van der Waals surface area contributed by atoms with Gasteiger partial charge in [-0.3, -0.25) is 14.6 Å². The molecule has 130 valence electrons. The number of thiazole rings is 1. The maximum absolute atomic E-state index is 12.9. The largest absolute Gasteiger partial charge is 0.335 e. The predicted octanol–water partition coefficient (Wildman–Crippen LogP) is 2.11. The summed E-state index contributed by atoms with van der Waals surface area (Å²) in [6.07, 6.45) is 3.54. The molecule has 2 aromatic heterocycles. The summed E-state index contributed by atoms with van der Waals surface area (Å²) in [7, 11) is 0.